The second-order valence-corrected chi connectivity index (χ2v) is 8.93. The predicted molar refractivity (Wildman–Crippen MR) is 142 cm³/mol. The van der Waals surface area contributed by atoms with Crippen molar-refractivity contribution in [3.05, 3.63) is 95.1 Å². The standard InChI is InChI=1S/C30H34N2O4/c1-2-36-28-20-23(15-16-25(28)30(34)35)21-29(33)31-26(19-22-11-5-3-6-12-22)24-13-7-8-14-27(24)32-17-9-4-10-18-32/h3,5-8,11-16,20,26H,2,4,9-10,17-19,21H2,1H3,(H,31,33)(H,34,35)/i1D3,2D2. The molecule has 0 aliphatic carbocycles. The normalized spacial score (nSPS) is 17.0. The van der Waals surface area contributed by atoms with Gasteiger partial charge in [-0.3, -0.25) is 4.79 Å². The molecule has 1 aliphatic heterocycles. The van der Waals surface area contributed by atoms with Gasteiger partial charge in [0, 0.05) is 22.9 Å². The molecular formula is C30H34N2O4. The van der Waals surface area contributed by atoms with Gasteiger partial charge in [0.05, 0.1) is 21.8 Å². The van der Waals surface area contributed by atoms with Gasteiger partial charge in [-0.1, -0.05) is 54.6 Å². The highest BCUT2D eigenvalue weighted by Crippen LogP contribution is 2.31. The zero-order valence-electron chi connectivity index (χ0n) is 25.1. The van der Waals surface area contributed by atoms with E-state index < -0.39 is 30.7 Å². The van der Waals surface area contributed by atoms with E-state index in [1.165, 1.54) is 24.6 Å². The number of para-hydroxylation sites is 1. The number of nitrogens with one attached hydrogen (secondary N) is 1. The number of aromatic carboxylic acids is 1. The van der Waals surface area contributed by atoms with Crippen molar-refractivity contribution in [1.82, 2.24) is 5.32 Å². The number of carboxylic acids is 1. The van der Waals surface area contributed by atoms with E-state index >= 15 is 0 Å². The second kappa shape index (κ2) is 12.2. The molecule has 1 aliphatic rings. The Morgan fingerprint density at radius 1 is 1.03 bits per heavy atom. The van der Waals surface area contributed by atoms with Crippen LogP contribution in [-0.4, -0.2) is 36.6 Å². The van der Waals surface area contributed by atoms with E-state index in [1.807, 2.05) is 48.5 Å². The van der Waals surface area contributed by atoms with Crippen LogP contribution in [0.2, 0.25) is 0 Å². The molecule has 0 saturated carbocycles. The maximum atomic E-state index is 13.4. The average Bonchev–Trinajstić information content (AvgIpc) is 2.93. The molecule has 4 rings (SSSR count). The predicted octanol–water partition coefficient (Wildman–Crippen LogP) is 5.42. The van der Waals surface area contributed by atoms with Crippen LogP contribution in [0.1, 0.15) is 66.1 Å². The highest BCUT2D eigenvalue weighted by atomic mass is 16.5. The lowest BCUT2D eigenvalue weighted by molar-refractivity contribution is -0.121. The van der Waals surface area contributed by atoms with Gasteiger partial charge < -0.3 is 20.1 Å². The number of anilines is 1. The third kappa shape index (κ3) is 6.45. The first-order valence-electron chi connectivity index (χ1n) is 14.7. The number of hydrogen-bond donors (Lipinski definition) is 2. The molecule has 1 amide bonds. The molecule has 1 fully saturated rings. The quantitative estimate of drug-likeness (QED) is 0.396. The number of rotatable bonds is 10. The van der Waals surface area contributed by atoms with E-state index in [-0.39, 0.29) is 18.4 Å². The van der Waals surface area contributed by atoms with Crippen molar-refractivity contribution in [1.29, 1.82) is 0 Å². The molecule has 6 heteroatoms. The van der Waals surface area contributed by atoms with Crippen LogP contribution in [-0.2, 0) is 17.6 Å². The first-order valence-corrected chi connectivity index (χ1v) is 12.2. The number of carboxylic acid groups (broad SMARTS) is 1. The maximum absolute atomic E-state index is 13.4. The molecule has 1 saturated heterocycles. The summed E-state index contributed by atoms with van der Waals surface area (Å²) in [4.78, 5) is 27.5. The minimum atomic E-state index is -3.15. The van der Waals surface area contributed by atoms with Gasteiger partial charge in [-0.25, -0.2) is 4.79 Å². The molecule has 3 aromatic rings. The highest BCUT2D eigenvalue weighted by Gasteiger charge is 2.22. The lowest BCUT2D eigenvalue weighted by Crippen LogP contribution is -2.35. The molecule has 6 nitrogen and oxygen atoms in total. The van der Waals surface area contributed by atoms with Crippen molar-refractivity contribution in [3.63, 3.8) is 0 Å². The summed E-state index contributed by atoms with van der Waals surface area (Å²) in [6.07, 6.45) is 3.83. The summed E-state index contributed by atoms with van der Waals surface area (Å²) in [7, 11) is 0. The maximum Gasteiger partial charge on any atom is 0.339 e. The number of ether oxygens (including phenoxy) is 1. The van der Waals surface area contributed by atoms with Crippen LogP contribution >= 0.6 is 0 Å². The fourth-order valence-corrected chi connectivity index (χ4v) is 4.72. The second-order valence-electron chi connectivity index (χ2n) is 8.93. The number of hydrogen-bond acceptors (Lipinski definition) is 4. The molecule has 1 atom stereocenters. The minimum absolute atomic E-state index is 0.149. The largest absolute Gasteiger partial charge is 0.493 e. The van der Waals surface area contributed by atoms with Gasteiger partial charge in [0.2, 0.25) is 5.91 Å². The molecular weight excluding hydrogens is 452 g/mol. The van der Waals surface area contributed by atoms with Crippen molar-refractivity contribution < 1.29 is 26.3 Å². The summed E-state index contributed by atoms with van der Waals surface area (Å²) < 4.78 is 42.8. The Hall–Kier alpha value is -3.80. The van der Waals surface area contributed by atoms with Crippen LogP contribution in [0, 0.1) is 0 Å². The number of amides is 1. The van der Waals surface area contributed by atoms with Gasteiger partial charge in [0.15, 0.2) is 0 Å². The van der Waals surface area contributed by atoms with Crippen LogP contribution in [0.15, 0.2) is 72.8 Å². The van der Waals surface area contributed by atoms with E-state index in [4.69, 9.17) is 11.6 Å². The Kier molecular flexibility index (Phi) is 6.60. The molecule has 0 spiro atoms. The van der Waals surface area contributed by atoms with Crippen molar-refractivity contribution in [2.24, 2.45) is 0 Å². The van der Waals surface area contributed by atoms with E-state index in [0.717, 1.165) is 42.7 Å². The van der Waals surface area contributed by atoms with Gasteiger partial charge in [-0.15, -0.1) is 0 Å². The number of carbonyl (C=O) groups excluding carboxylic acids is 1. The Morgan fingerprint density at radius 2 is 1.78 bits per heavy atom. The Bertz CT molecular complexity index is 1360. The van der Waals surface area contributed by atoms with Crippen LogP contribution in [0.3, 0.4) is 0 Å². The van der Waals surface area contributed by atoms with Gasteiger partial charge in [-0.2, -0.15) is 0 Å². The Labute approximate surface area is 219 Å². The van der Waals surface area contributed by atoms with Gasteiger partial charge in [0.1, 0.15) is 11.3 Å². The lowest BCUT2D eigenvalue weighted by atomic mass is 9.95. The Balaban J connectivity index is 1.60. The Morgan fingerprint density at radius 3 is 2.53 bits per heavy atom. The first-order chi connectivity index (χ1) is 19.4. The topological polar surface area (TPSA) is 78.9 Å². The van der Waals surface area contributed by atoms with Crippen molar-refractivity contribution in [2.45, 2.75) is 45.0 Å². The summed E-state index contributed by atoms with van der Waals surface area (Å²) in [5, 5.41) is 12.7. The average molecular weight is 492 g/mol. The van der Waals surface area contributed by atoms with Gasteiger partial charge in [-0.05, 0) is 67.4 Å². The molecule has 1 heterocycles. The van der Waals surface area contributed by atoms with E-state index in [0.29, 0.717) is 12.0 Å². The summed E-state index contributed by atoms with van der Waals surface area (Å²) in [6.45, 7) is -4.38. The van der Waals surface area contributed by atoms with Crippen LogP contribution < -0.4 is 15.0 Å². The summed E-state index contributed by atoms with van der Waals surface area (Å²) in [5.41, 5.74) is 3.09. The molecule has 0 radical (unpaired) electrons. The van der Waals surface area contributed by atoms with Gasteiger partial charge >= 0.3 is 5.97 Å². The molecule has 0 bridgehead atoms. The molecule has 2 N–H and O–H groups in total. The summed E-state index contributed by atoms with van der Waals surface area (Å²) in [5.74, 6) is -2.19. The number of nitrogens with zero attached hydrogens (tertiary/aromatic N) is 1. The number of carbonyl (C=O) groups is 2. The highest BCUT2D eigenvalue weighted by molar-refractivity contribution is 5.91. The monoisotopic (exact) mass is 491 g/mol. The van der Waals surface area contributed by atoms with Crippen molar-refractivity contribution in [3.8, 4) is 5.75 Å². The fraction of sp³-hybridized carbons (Fsp3) is 0.333. The number of piperidine rings is 1. The molecule has 188 valence electrons. The zero-order chi connectivity index (χ0) is 29.6. The molecule has 1 unspecified atom stereocenters. The smallest absolute Gasteiger partial charge is 0.339 e. The van der Waals surface area contributed by atoms with Gasteiger partial charge in [0.25, 0.3) is 0 Å². The molecule has 3 aromatic carbocycles. The van der Waals surface area contributed by atoms with Crippen molar-refractivity contribution in [2.75, 3.05) is 24.5 Å². The van der Waals surface area contributed by atoms with Crippen LogP contribution in [0.5, 0.6) is 5.75 Å². The minimum Gasteiger partial charge on any atom is -0.493 e. The lowest BCUT2D eigenvalue weighted by Gasteiger charge is -2.33. The zero-order valence-corrected chi connectivity index (χ0v) is 20.1. The summed E-state index contributed by atoms with van der Waals surface area (Å²) >= 11 is 0. The number of benzene rings is 3. The SMILES string of the molecule is [2H]C([2H])([2H])C([2H])([2H])Oc1cc(CC(=O)NC(Cc2ccccc2)c2ccccc2N2CCCCC2)ccc1C(=O)O. The van der Waals surface area contributed by atoms with E-state index in [2.05, 4.69) is 16.3 Å². The molecule has 0 aromatic heterocycles. The van der Waals surface area contributed by atoms with Crippen LogP contribution in [0.4, 0.5) is 5.69 Å². The summed E-state index contributed by atoms with van der Waals surface area (Å²) in [6, 6.07) is 21.4. The first kappa shape index (κ1) is 19.4. The van der Waals surface area contributed by atoms with E-state index in [1.54, 1.807) is 0 Å². The van der Waals surface area contributed by atoms with Crippen LogP contribution in [0.25, 0.3) is 0 Å². The fourth-order valence-electron chi connectivity index (χ4n) is 4.72. The molecule has 36 heavy (non-hydrogen) atoms. The van der Waals surface area contributed by atoms with Crippen molar-refractivity contribution >= 4 is 17.6 Å². The third-order valence-electron chi connectivity index (χ3n) is 6.43. The third-order valence-corrected chi connectivity index (χ3v) is 6.43. The van der Waals surface area contributed by atoms with E-state index in [9.17, 15) is 14.7 Å².